The normalized spacial score (nSPS) is 12.4. The summed E-state index contributed by atoms with van der Waals surface area (Å²) in [5.41, 5.74) is -0.170. The van der Waals surface area contributed by atoms with E-state index in [-0.39, 0.29) is 37.8 Å². The van der Waals surface area contributed by atoms with Crippen LogP contribution in [0.15, 0.2) is 57.7 Å². The van der Waals surface area contributed by atoms with Crippen LogP contribution in [-0.2, 0) is 30.4 Å². The van der Waals surface area contributed by atoms with Gasteiger partial charge in [0.25, 0.3) is 5.69 Å². The molecule has 9 nitrogen and oxygen atoms in total. The van der Waals surface area contributed by atoms with Gasteiger partial charge in [-0.1, -0.05) is 68.7 Å². The summed E-state index contributed by atoms with van der Waals surface area (Å²) < 4.78 is 45.4. The van der Waals surface area contributed by atoms with E-state index in [1.165, 1.54) is 43.5 Å². The number of ether oxygens (including phenoxy) is 1. The van der Waals surface area contributed by atoms with Crippen molar-refractivity contribution in [2.45, 2.75) is 61.7 Å². The molecule has 0 aliphatic heterocycles. The lowest BCUT2D eigenvalue weighted by molar-refractivity contribution is -0.384. The number of sulfone groups is 1. The lowest BCUT2D eigenvalue weighted by Gasteiger charge is -2.10. The zero-order chi connectivity index (χ0) is 27.4. The number of nitro groups is 1. The van der Waals surface area contributed by atoms with Gasteiger partial charge < -0.3 is 4.74 Å². The molecule has 0 bridgehead atoms. The average molecular weight is 592 g/mol. The van der Waals surface area contributed by atoms with E-state index in [9.17, 15) is 27.5 Å². The van der Waals surface area contributed by atoms with Crippen LogP contribution in [0.3, 0.4) is 0 Å². The Balaban J connectivity index is 1.93. The molecule has 37 heavy (non-hydrogen) atoms. The molecule has 0 saturated heterocycles. The molecule has 0 aliphatic rings. The number of benzene rings is 2. The van der Waals surface area contributed by atoms with E-state index in [0.29, 0.717) is 0 Å². The van der Waals surface area contributed by atoms with Crippen LogP contribution < -0.4 is 4.72 Å². The van der Waals surface area contributed by atoms with E-state index in [0.717, 1.165) is 49.3 Å². The second kappa shape index (κ2) is 15.1. The molecule has 0 aliphatic carbocycles. The minimum Gasteiger partial charge on any atom is -0.463 e. The topological polar surface area (TPSA) is 133 Å². The van der Waals surface area contributed by atoms with Crippen LogP contribution in [0.5, 0.6) is 0 Å². The van der Waals surface area contributed by atoms with Gasteiger partial charge >= 0.3 is 5.97 Å². The first-order valence-corrected chi connectivity index (χ1v) is 15.0. The number of unbranched alkanes of at least 4 members (excludes halogenated alkanes) is 6. The van der Waals surface area contributed by atoms with Gasteiger partial charge in [0.15, 0.2) is 9.84 Å². The van der Waals surface area contributed by atoms with E-state index in [2.05, 4.69) is 11.6 Å². The Morgan fingerprint density at radius 3 is 2.35 bits per heavy atom. The van der Waals surface area contributed by atoms with Gasteiger partial charge in [0.05, 0.1) is 32.0 Å². The number of esters is 1. The molecule has 1 atom stereocenters. The largest absolute Gasteiger partial charge is 0.463 e. The minimum absolute atomic E-state index is 0.0441. The van der Waals surface area contributed by atoms with Crippen LogP contribution in [0.4, 0.5) is 11.4 Å². The first-order valence-electron chi connectivity index (χ1n) is 11.6. The van der Waals surface area contributed by atoms with Crippen LogP contribution >= 0.6 is 23.2 Å². The van der Waals surface area contributed by atoms with Crippen molar-refractivity contribution in [3.8, 4) is 0 Å². The fourth-order valence-electron chi connectivity index (χ4n) is 3.17. The molecule has 0 heterocycles. The highest BCUT2D eigenvalue weighted by Gasteiger charge is 2.17. The van der Waals surface area contributed by atoms with Crippen LogP contribution in [-0.4, -0.2) is 30.1 Å². The van der Waals surface area contributed by atoms with Crippen molar-refractivity contribution >= 4 is 61.4 Å². The smallest absolute Gasteiger partial charge is 0.331 e. The standard InChI is InChI=1S/C24H28Cl2N2O7S2/c1-2-3-4-5-6-7-8-14-35-24(29)13-15-37(33,34)19-10-11-22(20(25)17-19)27-36(32)18-9-12-23(28(30)31)21(26)16-18/h9-13,15-17,27H,2-8,14H2,1H3. The van der Waals surface area contributed by atoms with Crippen molar-refractivity contribution in [1.29, 1.82) is 0 Å². The van der Waals surface area contributed by atoms with Crippen LogP contribution in [0.25, 0.3) is 0 Å². The summed E-state index contributed by atoms with van der Waals surface area (Å²) in [6.07, 6.45) is 8.34. The predicted molar refractivity (Wildman–Crippen MR) is 145 cm³/mol. The molecule has 0 fully saturated rings. The molecule has 0 saturated carbocycles. The third kappa shape index (κ3) is 10.1. The average Bonchev–Trinajstić information content (AvgIpc) is 2.85. The number of rotatable bonds is 15. The highest BCUT2D eigenvalue weighted by Crippen LogP contribution is 2.30. The Morgan fingerprint density at radius 2 is 1.73 bits per heavy atom. The van der Waals surface area contributed by atoms with Gasteiger partial charge in [-0.15, -0.1) is 0 Å². The van der Waals surface area contributed by atoms with Crippen molar-refractivity contribution in [1.82, 2.24) is 0 Å². The Hall–Kier alpha value is -2.47. The highest BCUT2D eigenvalue weighted by molar-refractivity contribution is 7.94. The third-order valence-electron chi connectivity index (χ3n) is 5.18. The number of halogens is 2. The Labute approximate surface area is 228 Å². The van der Waals surface area contributed by atoms with Crippen molar-refractivity contribution in [2.24, 2.45) is 0 Å². The molecule has 202 valence electrons. The molecule has 2 aromatic rings. The molecule has 0 amide bonds. The summed E-state index contributed by atoms with van der Waals surface area (Å²) in [4.78, 5) is 22.1. The van der Waals surface area contributed by atoms with E-state index in [1.807, 2.05) is 0 Å². The van der Waals surface area contributed by atoms with Gasteiger partial charge in [0, 0.05) is 17.6 Å². The van der Waals surface area contributed by atoms with Crippen LogP contribution in [0.1, 0.15) is 51.9 Å². The van der Waals surface area contributed by atoms with Gasteiger partial charge in [0.2, 0.25) is 0 Å². The molecular weight excluding hydrogens is 563 g/mol. The zero-order valence-electron chi connectivity index (χ0n) is 20.2. The minimum atomic E-state index is -3.99. The maximum absolute atomic E-state index is 12.6. The summed E-state index contributed by atoms with van der Waals surface area (Å²) in [6.45, 7) is 2.38. The Morgan fingerprint density at radius 1 is 1.05 bits per heavy atom. The quantitative estimate of drug-likeness (QED) is 0.0809. The maximum atomic E-state index is 12.6. The number of carbonyl (C=O) groups excluding carboxylic acids is 1. The first kappa shape index (κ1) is 30.8. The molecule has 0 spiro atoms. The zero-order valence-corrected chi connectivity index (χ0v) is 23.3. The maximum Gasteiger partial charge on any atom is 0.331 e. The molecule has 0 aromatic heterocycles. The van der Waals surface area contributed by atoms with Crippen molar-refractivity contribution < 1.29 is 27.1 Å². The summed E-state index contributed by atoms with van der Waals surface area (Å²) in [6, 6.07) is 7.28. The molecule has 2 rings (SSSR count). The number of carbonyl (C=O) groups is 1. The van der Waals surface area contributed by atoms with E-state index in [1.54, 1.807) is 0 Å². The van der Waals surface area contributed by atoms with Gasteiger partial charge in [-0.2, -0.15) is 0 Å². The second-order valence-corrected chi connectivity index (χ2v) is 11.9. The first-order chi connectivity index (χ1) is 17.5. The van der Waals surface area contributed by atoms with E-state index in [4.69, 9.17) is 27.9 Å². The SMILES string of the molecule is CCCCCCCCCOC(=O)C=CS(=O)(=O)c1ccc(NS(=O)c2ccc([N+](=O)[O-])c(Cl)c2)c(Cl)c1. The fraction of sp³-hybridized carbons (Fsp3) is 0.375. The summed E-state index contributed by atoms with van der Waals surface area (Å²) in [7, 11) is -5.88. The predicted octanol–water partition coefficient (Wildman–Crippen LogP) is 6.62. The third-order valence-corrected chi connectivity index (χ3v) is 8.29. The van der Waals surface area contributed by atoms with Crippen molar-refractivity contribution in [3.63, 3.8) is 0 Å². The monoisotopic (exact) mass is 590 g/mol. The van der Waals surface area contributed by atoms with Crippen LogP contribution in [0, 0.1) is 10.1 Å². The number of nitrogens with zero attached hydrogens (tertiary/aromatic N) is 1. The van der Waals surface area contributed by atoms with Crippen LogP contribution in [0.2, 0.25) is 10.0 Å². The number of hydrogen-bond acceptors (Lipinski definition) is 7. The van der Waals surface area contributed by atoms with E-state index < -0.39 is 31.7 Å². The van der Waals surface area contributed by atoms with Gasteiger partial charge in [-0.05, 0) is 36.8 Å². The second-order valence-electron chi connectivity index (χ2n) is 8.02. The number of nitro benzene ring substituents is 1. The molecule has 1 unspecified atom stereocenters. The number of nitrogens with one attached hydrogen (secondary N) is 1. The highest BCUT2D eigenvalue weighted by atomic mass is 35.5. The number of hydrogen-bond donors (Lipinski definition) is 1. The fourth-order valence-corrected chi connectivity index (χ4v) is 5.73. The summed E-state index contributed by atoms with van der Waals surface area (Å²) >= 11 is 12.0. The lowest BCUT2D eigenvalue weighted by Crippen LogP contribution is -2.07. The number of anilines is 1. The van der Waals surface area contributed by atoms with E-state index >= 15 is 0 Å². The van der Waals surface area contributed by atoms with Gasteiger partial charge in [-0.3, -0.25) is 14.8 Å². The molecule has 0 radical (unpaired) electrons. The van der Waals surface area contributed by atoms with Gasteiger partial charge in [-0.25, -0.2) is 17.4 Å². The lowest BCUT2D eigenvalue weighted by atomic mass is 10.1. The molecule has 1 N–H and O–H groups in total. The molecule has 13 heteroatoms. The molecular formula is C24H28Cl2N2O7S2. The molecule has 2 aromatic carbocycles. The summed E-state index contributed by atoms with van der Waals surface area (Å²) in [5, 5.41) is 11.4. The van der Waals surface area contributed by atoms with Gasteiger partial charge in [0.1, 0.15) is 16.0 Å². The van der Waals surface area contributed by atoms with Crippen molar-refractivity contribution in [3.05, 3.63) is 68.0 Å². The van der Waals surface area contributed by atoms with Crippen molar-refractivity contribution in [2.75, 3.05) is 11.3 Å². The Kier molecular flexibility index (Phi) is 12.5. The Bertz CT molecular complexity index is 1270. The summed E-state index contributed by atoms with van der Waals surface area (Å²) in [5.74, 6) is -0.754.